The van der Waals surface area contributed by atoms with Crippen LogP contribution < -0.4 is 0 Å². The van der Waals surface area contributed by atoms with Crippen molar-refractivity contribution in [2.45, 2.75) is 0 Å². The maximum Gasteiger partial charge on any atom is 0.0854 e. The first kappa shape index (κ1) is 51.8. The largest absolute Gasteiger partial charge is 0.0854 e. The van der Waals surface area contributed by atoms with E-state index in [1.165, 1.54) is 0 Å². The van der Waals surface area contributed by atoms with Gasteiger partial charge in [-0.1, -0.05) is 0 Å². The number of hydrogen-bond donors (Lipinski definition) is 0. The molecule has 0 aromatic rings. The molecule has 4 heavy (non-hydrogen) atoms. The molecule has 0 aliphatic carbocycles. The molecule has 0 fully saturated rings. The first-order valence-corrected chi connectivity index (χ1v) is 0. The van der Waals surface area contributed by atoms with Crippen LogP contribution in [0.25, 0.3) is 0 Å². The summed E-state index contributed by atoms with van der Waals surface area (Å²) in [4.78, 5) is 0. The molecule has 0 unspecified atom stereocenters. The van der Waals surface area contributed by atoms with Crippen LogP contribution in [0.15, 0.2) is 0 Å². The molecule has 0 aromatic carbocycles. The van der Waals surface area contributed by atoms with E-state index in [0.29, 0.717) is 0 Å². The molecule has 0 nitrogen and oxygen atoms in total. The van der Waals surface area contributed by atoms with Crippen molar-refractivity contribution < 1.29 is 19.5 Å². The van der Waals surface area contributed by atoms with Crippen molar-refractivity contribution in [3.05, 3.63) is 0 Å². The minimum Gasteiger partial charge on any atom is -0.0125 e. The third-order valence-electron chi connectivity index (χ3n) is 0. The van der Waals surface area contributed by atoms with Gasteiger partial charge in [0.25, 0.3) is 0 Å². The van der Waals surface area contributed by atoms with Crippen molar-refractivity contribution >= 4 is 36.7 Å². The Morgan fingerprint density at radius 1 is 1.00 bits per heavy atom. The Kier molecular flexibility index (Phi) is 329. The van der Waals surface area contributed by atoms with Crippen LogP contribution in [0.2, 0.25) is 0 Å². The zero-order chi connectivity index (χ0) is 0. The van der Waals surface area contributed by atoms with Crippen molar-refractivity contribution in [3.63, 3.8) is 0 Å². The maximum atomic E-state index is 0. The molecule has 6 radical (unpaired) electrons. The third-order valence-corrected chi connectivity index (χ3v) is 0. The van der Waals surface area contributed by atoms with Gasteiger partial charge in [-0.15, -0.1) is 0 Å². The molecular formula is H4AlBSiZn. The molecule has 16 valence electrons. The van der Waals surface area contributed by atoms with E-state index in [1.807, 2.05) is 0 Å². The Morgan fingerprint density at radius 3 is 1.00 bits per heavy atom. The molecule has 0 bridgehead atoms. The van der Waals surface area contributed by atoms with Gasteiger partial charge in [0.05, 0.1) is 17.4 Å². The van der Waals surface area contributed by atoms with Crippen LogP contribution >= 0.6 is 0 Å². The Labute approximate surface area is 56.2 Å². The van der Waals surface area contributed by atoms with E-state index in [4.69, 9.17) is 0 Å². The molecule has 0 atom stereocenters. The first-order valence-electron chi connectivity index (χ1n) is 0. The molecule has 0 aliphatic heterocycles. The summed E-state index contributed by atoms with van der Waals surface area (Å²) in [5.74, 6) is 0. The molecular weight excluding hydrogens is 131 g/mol. The SMILES string of the molecule is [AlH].[B].[SiH3].[Zn]. The molecule has 0 amide bonds. The van der Waals surface area contributed by atoms with E-state index in [9.17, 15) is 0 Å². The van der Waals surface area contributed by atoms with Gasteiger partial charge in [-0.05, 0) is 11.0 Å². The fraction of sp³-hybridized carbons (Fsp3) is 0. The smallest absolute Gasteiger partial charge is 0.0125 e. The molecule has 0 saturated carbocycles. The molecule has 0 aliphatic rings. The second-order valence-electron chi connectivity index (χ2n) is 0. The number of rotatable bonds is 0. The van der Waals surface area contributed by atoms with Gasteiger partial charge in [0.15, 0.2) is 0 Å². The van der Waals surface area contributed by atoms with Gasteiger partial charge in [0, 0.05) is 27.9 Å². The fourth-order valence-corrected chi connectivity index (χ4v) is 0. The molecule has 0 rings (SSSR count). The summed E-state index contributed by atoms with van der Waals surface area (Å²) in [6.07, 6.45) is 0. The van der Waals surface area contributed by atoms with Gasteiger partial charge in [-0.2, -0.15) is 0 Å². The molecule has 0 spiro atoms. The van der Waals surface area contributed by atoms with Crippen molar-refractivity contribution in [1.29, 1.82) is 0 Å². The van der Waals surface area contributed by atoms with E-state index >= 15 is 0 Å². The van der Waals surface area contributed by atoms with Crippen LogP contribution in [0.3, 0.4) is 0 Å². The Bertz CT molecular complexity index is 8.00. The fourth-order valence-electron chi connectivity index (χ4n) is 0. The maximum absolute atomic E-state index is 0. The van der Waals surface area contributed by atoms with E-state index in [-0.39, 0.29) is 56.2 Å². The number of hydrogen-bond acceptors (Lipinski definition) is 0. The van der Waals surface area contributed by atoms with E-state index in [1.54, 1.807) is 0 Å². The van der Waals surface area contributed by atoms with Gasteiger partial charge in [-0.3, -0.25) is 0 Å². The normalized spacial score (nSPS) is 0. The molecule has 4 heteroatoms. The van der Waals surface area contributed by atoms with Gasteiger partial charge in [0.1, 0.15) is 0 Å². The summed E-state index contributed by atoms with van der Waals surface area (Å²) in [5.41, 5.74) is 0. The van der Waals surface area contributed by atoms with Crippen LogP contribution in [0.4, 0.5) is 0 Å². The van der Waals surface area contributed by atoms with Crippen molar-refractivity contribution in [2.75, 3.05) is 0 Å². The third kappa shape index (κ3) is 9.88. The van der Waals surface area contributed by atoms with Gasteiger partial charge in [-0.25, -0.2) is 0 Å². The Hall–Kier alpha value is 1.44. The van der Waals surface area contributed by atoms with E-state index in [0.717, 1.165) is 0 Å². The topological polar surface area (TPSA) is 0 Å². The summed E-state index contributed by atoms with van der Waals surface area (Å²) >= 11 is 0. The quantitative estimate of drug-likeness (QED) is 0.330. The molecule has 0 saturated heterocycles. The Morgan fingerprint density at radius 2 is 1.00 bits per heavy atom. The van der Waals surface area contributed by atoms with Crippen LogP contribution in [0.5, 0.6) is 0 Å². The molecule has 0 heterocycles. The van der Waals surface area contributed by atoms with E-state index < -0.39 is 0 Å². The predicted octanol–water partition coefficient (Wildman–Crippen LogP) is -2.22. The zero-order valence-corrected chi connectivity index (χ0v) is 9.37. The monoisotopic (exact) mass is 134 g/mol. The van der Waals surface area contributed by atoms with Gasteiger partial charge in [0.2, 0.25) is 0 Å². The summed E-state index contributed by atoms with van der Waals surface area (Å²) in [7, 11) is 0. The van der Waals surface area contributed by atoms with Gasteiger partial charge < -0.3 is 0 Å². The second kappa shape index (κ2) is 25.4. The first-order chi connectivity index (χ1) is 0. The average molecular weight is 135 g/mol. The van der Waals surface area contributed by atoms with Crippen LogP contribution in [0.1, 0.15) is 0 Å². The van der Waals surface area contributed by atoms with Crippen LogP contribution in [-0.2, 0) is 19.5 Å². The van der Waals surface area contributed by atoms with Crippen LogP contribution in [0, 0.1) is 0 Å². The summed E-state index contributed by atoms with van der Waals surface area (Å²) < 4.78 is 0. The predicted molar refractivity (Wildman–Crippen MR) is 22.8 cm³/mol. The van der Waals surface area contributed by atoms with Crippen molar-refractivity contribution in [2.24, 2.45) is 0 Å². The Balaban J connectivity index is 0. The minimum atomic E-state index is 0. The minimum absolute atomic E-state index is 0. The van der Waals surface area contributed by atoms with E-state index in [2.05, 4.69) is 0 Å². The summed E-state index contributed by atoms with van der Waals surface area (Å²) in [5, 5.41) is 0. The van der Waals surface area contributed by atoms with Crippen molar-refractivity contribution in [3.8, 4) is 0 Å². The zero-order valence-electron chi connectivity index (χ0n) is 2.99. The second-order valence-corrected chi connectivity index (χ2v) is 0. The molecule has 0 N–H and O–H groups in total. The summed E-state index contributed by atoms with van der Waals surface area (Å²) in [6.45, 7) is 0. The van der Waals surface area contributed by atoms with Gasteiger partial charge >= 0.3 is 0 Å². The molecule has 0 aromatic heterocycles. The van der Waals surface area contributed by atoms with Crippen LogP contribution in [-0.4, -0.2) is 36.7 Å². The summed E-state index contributed by atoms with van der Waals surface area (Å²) in [6, 6.07) is 0. The average Bonchev–Trinajstić information content (AvgIpc) is 0. The standard InChI is InChI=1S/Al.B.H3Si.Zn.H/h;;1H3;;. The van der Waals surface area contributed by atoms with Crippen molar-refractivity contribution in [1.82, 2.24) is 0 Å².